The molecular formula is C16H23BrO2. The summed E-state index contributed by atoms with van der Waals surface area (Å²) in [6, 6.07) is 6.33. The van der Waals surface area contributed by atoms with E-state index in [1.807, 2.05) is 0 Å². The van der Waals surface area contributed by atoms with Crippen molar-refractivity contribution in [1.82, 2.24) is 0 Å². The van der Waals surface area contributed by atoms with Gasteiger partial charge in [-0.15, -0.1) is 0 Å². The highest BCUT2D eigenvalue weighted by Gasteiger charge is 2.36. The lowest BCUT2D eigenvalue weighted by molar-refractivity contribution is 0.308. The van der Waals surface area contributed by atoms with E-state index in [1.165, 1.54) is 5.56 Å². The molecule has 0 bridgehead atoms. The minimum Gasteiger partial charge on any atom is -0.493 e. The van der Waals surface area contributed by atoms with Crippen molar-refractivity contribution in [1.29, 1.82) is 0 Å². The maximum atomic E-state index is 5.89. The van der Waals surface area contributed by atoms with E-state index in [4.69, 9.17) is 9.47 Å². The summed E-state index contributed by atoms with van der Waals surface area (Å²) >= 11 is 3.57. The summed E-state index contributed by atoms with van der Waals surface area (Å²) < 4.78 is 12.6. The highest BCUT2D eigenvalue weighted by Crippen LogP contribution is 2.39. The molecule has 0 amide bonds. The number of hydrogen-bond acceptors (Lipinski definition) is 2. The third-order valence-electron chi connectivity index (χ3n) is 3.72. The Kier molecular flexibility index (Phi) is 5.28. The molecule has 1 heterocycles. The quantitative estimate of drug-likeness (QED) is 0.664. The number of benzene rings is 1. The van der Waals surface area contributed by atoms with Gasteiger partial charge in [0, 0.05) is 4.47 Å². The summed E-state index contributed by atoms with van der Waals surface area (Å²) in [6.45, 7) is 7.30. The van der Waals surface area contributed by atoms with Crippen molar-refractivity contribution >= 4 is 15.9 Å². The zero-order valence-corrected chi connectivity index (χ0v) is 13.6. The maximum absolute atomic E-state index is 5.89. The molecule has 0 aliphatic carbocycles. The summed E-state index contributed by atoms with van der Waals surface area (Å²) in [6.07, 6.45) is 4.11. The number of halogens is 1. The first-order chi connectivity index (χ1) is 9.15. The lowest BCUT2D eigenvalue weighted by Crippen LogP contribution is -2.07. The Morgan fingerprint density at radius 1 is 1.37 bits per heavy atom. The van der Waals surface area contributed by atoms with Crippen LogP contribution in [-0.2, 0) is 4.74 Å². The average Bonchev–Trinajstić information content (AvgIpc) is 3.10. The van der Waals surface area contributed by atoms with Gasteiger partial charge in [-0.05, 0) is 55.9 Å². The second-order valence-corrected chi connectivity index (χ2v) is 6.17. The molecule has 1 aromatic carbocycles. The van der Waals surface area contributed by atoms with Crippen LogP contribution in [0.4, 0.5) is 0 Å². The molecule has 0 saturated carbocycles. The molecule has 19 heavy (non-hydrogen) atoms. The number of hydrogen-bond donors (Lipinski definition) is 0. The summed E-state index contributed by atoms with van der Waals surface area (Å²) in [7, 11) is 0. The highest BCUT2D eigenvalue weighted by molar-refractivity contribution is 9.10. The predicted octanol–water partition coefficient (Wildman–Crippen LogP) is 4.91. The molecular weight excluding hydrogens is 304 g/mol. The molecule has 0 radical (unpaired) electrons. The van der Waals surface area contributed by atoms with Crippen LogP contribution in [0.15, 0.2) is 22.7 Å². The van der Waals surface area contributed by atoms with Gasteiger partial charge in [0.15, 0.2) is 0 Å². The van der Waals surface area contributed by atoms with Gasteiger partial charge in [0.05, 0.1) is 18.8 Å². The first-order valence-electron chi connectivity index (χ1n) is 7.23. The first kappa shape index (κ1) is 14.9. The maximum Gasteiger partial charge on any atom is 0.122 e. The monoisotopic (exact) mass is 326 g/mol. The fraction of sp³-hybridized carbons (Fsp3) is 0.625. The Bertz CT molecular complexity index is 419. The topological polar surface area (TPSA) is 21.8 Å². The molecule has 3 heteroatoms. The Hall–Kier alpha value is -0.540. The van der Waals surface area contributed by atoms with Crippen LogP contribution in [0.25, 0.3) is 0 Å². The second-order valence-electron chi connectivity index (χ2n) is 5.25. The van der Waals surface area contributed by atoms with Crippen molar-refractivity contribution in [2.24, 2.45) is 0 Å². The Labute approximate surface area is 124 Å². The van der Waals surface area contributed by atoms with Crippen LogP contribution in [-0.4, -0.2) is 18.8 Å². The van der Waals surface area contributed by atoms with E-state index in [1.54, 1.807) is 0 Å². The van der Waals surface area contributed by atoms with Gasteiger partial charge in [0.25, 0.3) is 0 Å². The lowest BCUT2D eigenvalue weighted by Gasteiger charge is -2.19. The van der Waals surface area contributed by atoms with Gasteiger partial charge in [-0.1, -0.05) is 29.8 Å². The zero-order chi connectivity index (χ0) is 13.8. The van der Waals surface area contributed by atoms with E-state index < -0.39 is 0 Å². The van der Waals surface area contributed by atoms with Gasteiger partial charge in [0.1, 0.15) is 5.75 Å². The highest BCUT2D eigenvalue weighted by atomic mass is 79.9. The lowest BCUT2D eigenvalue weighted by atomic mass is 9.90. The summed E-state index contributed by atoms with van der Waals surface area (Å²) in [5, 5.41) is 0. The fourth-order valence-electron chi connectivity index (χ4n) is 2.45. The van der Waals surface area contributed by atoms with E-state index >= 15 is 0 Å². The van der Waals surface area contributed by atoms with Crippen LogP contribution in [0, 0.1) is 0 Å². The van der Waals surface area contributed by atoms with Gasteiger partial charge in [-0.3, -0.25) is 0 Å². The van der Waals surface area contributed by atoms with Crippen LogP contribution in [0.2, 0.25) is 0 Å². The molecule has 2 rings (SSSR count). The Morgan fingerprint density at radius 3 is 2.68 bits per heavy atom. The van der Waals surface area contributed by atoms with E-state index in [0.29, 0.717) is 18.1 Å². The van der Waals surface area contributed by atoms with Crippen molar-refractivity contribution in [3.63, 3.8) is 0 Å². The average molecular weight is 327 g/mol. The van der Waals surface area contributed by atoms with Gasteiger partial charge in [-0.2, -0.15) is 0 Å². The normalized spacial score (nSPS) is 23.2. The number of epoxide rings is 1. The minimum atomic E-state index is 0.432. The van der Waals surface area contributed by atoms with Crippen molar-refractivity contribution < 1.29 is 9.47 Å². The van der Waals surface area contributed by atoms with Crippen LogP contribution in [0.5, 0.6) is 5.75 Å². The van der Waals surface area contributed by atoms with E-state index in [-0.39, 0.29) is 0 Å². The largest absolute Gasteiger partial charge is 0.493 e. The molecule has 2 nitrogen and oxygen atoms in total. The summed E-state index contributed by atoms with van der Waals surface area (Å²) in [5.41, 5.74) is 1.31. The van der Waals surface area contributed by atoms with E-state index in [2.05, 4.69) is 54.9 Å². The molecule has 1 fully saturated rings. The smallest absolute Gasteiger partial charge is 0.122 e. The van der Waals surface area contributed by atoms with Gasteiger partial charge < -0.3 is 9.47 Å². The third kappa shape index (κ3) is 3.96. The van der Waals surface area contributed by atoms with Crippen LogP contribution < -0.4 is 4.74 Å². The molecule has 0 spiro atoms. The molecule has 106 valence electrons. The Balaban J connectivity index is 2.15. The van der Waals surface area contributed by atoms with E-state index in [9.17, 15) is 0 Å². The third-order valence-corrected chi connectivity index (χ3v) is 4.21. The van der Waals surface area contributed by atoms with Crippen molar-refractivity contribution in [2.75, 3.05) is 6.61 Å². The van der Waals surface area contributed by atoms with Crippen molar-refractivity contribution in [2.45, 2.75) is 58.2 Å². The predicted molar refractivity (Wildman–Crippen MR) is 81.9 cm³/mol. The van der Waals surface area contributed by atoms with E-state index in [0.717, 1.165) is 36.1 Å². The Morgan fingerprint density at radius 2 is 2.11 bits per heavy atom. The van der Waals surface area contributed by atoms with Crippen molar-refractivity contribution in [3.05, 3.63) is 28.2 Å². The van der Waals surface area contributed by atoms with Gasteiger partial charge >= 0.3 is 0 Å². The van der Waals surface area contributed by atoms with Crippen LogP contribution >= 0.6 is 15.9 Å². The van der Waals surface area contributed by atoms with Gasteiger partial charge in [-0.25, -0.2) is 0 Å². The van der Waals surface area contributed by atoms with Crippen LogP contribution in [0.1, 0.15) is 51.5 Å². The standard InChI is InChI=1S/C16H23BrO2/c1-4-8-18-15-7-6-13(17)10-14(15)12(5-2)9-16-11(3)19-16/h6-7,10-12,16H,4-5,8-9H2,1-3H3. The fourth-order valence-corrected chi connectivity index (χ4v) is 2.83. The number of ether oxygens (including phenoxy) is 2. The molecule has 0 aromatic heterocycles. The zero-order valence-electron chi connectivity index (χ0n) is 12.0. The number of rotatable bonds is 7. The van der Waals surface area contributed by atoms with Crippen molar-refractivity contribution in [3.8, 4) is 5.75 Å². The van der Waals surface area contributed by atoms with Crippen LogP contribution in [0.3, 0.4) is 0 Å². The first-order valence-corrected chi connectivity index (χ1v) is 8.02. The summed E-state index contributed by atoms with van der Waals surface area (Å²) in [4.78, 5) is 0. The molecule has 1 saturated heterocycles. The summed E-state index contributed by atoms with van der Waals surface area (Å²) in [5.74, 6) is 1.55. The molecule has 3 atom stereocenters. The SMILES string of the molecule is CCCOc1ccc(Br)cc1C(CC)CC1OC1C. The molecule has 0 N–H and O–H groups in total. The molecule has 1 aliphatic rings. The molecule has 1 aliphatic heterocycles. The second kappa shape index (κ2) is 6.76. The minimum absolute atomic E-state index is 0.432. The molecule has 1 aromatic rings. The van der Waals surface area contributed by atoms with Gasteiger partial charge in [0.2, 0.25) is 0 Å². The molecule has 3 unspecified atom stereocenters.